The van der Waals surface area contributed by atoms with Gasteiger partial charge >= 0.3 is 0 Å². The minimum Gasteiger partial charge on any atom is -0.361 e. The number of epoxide rings is 1. The SMILES string of the molecule is CC(C)C[C@H](NC(=O)CNC(=O)C(Cc1ccc(-c2ccccc2)cc1)NC(=O)CN)C(=O)C1(C)CO1.Cc1ccccc1.Cc1ccccc1. The van der Waals surface area contributed by atoms with Gasteiger partial charge in [-0.05, 0) is 49.8 Å². The molecule has 1 heterocycles. The van der Waals surface area contributed by atoms with Gasteiger partial charge in [-0.15, -0.1) is 0 Å². The number of hydrogen-bond acceptors (Lipinski definition) is 6. The smallest absolute Gasteiger partial charge is 0.243 e. The van der Waals surface area contributed by atoms with Crippen molar-refractivity contribution in [3.05, 3.63) is 132 Å². The van der Waals surface area contributed by atoms with E-state index in [0.717, 1.165) is 16.7 Å². The van der Waals surface area contributed by atoms with E-state index in [1.807, 2.05) is 105 Å². The second kappa shape index (κ2) is 20.5. The Morgan fingerprint density at radius 2 is 1.18 bits per heavy atom. The van der Waals surface area contributed by atoms with Crippen LogP contribution in [0.1, 0.15) is 43.9 Å². The lowest BCUT2D eigenvalue weighted by atomic mass is 9.93. The molecule has 2 unspecified atom stereocenters. The van der Waals surface area contributed by atoms with Gasteiger partial charge < -0.3 is 26.4 Å². The molecule has 3 amide bonds. The van der Waals surface area contributed by atoms with Gasteiger partial charge in [-0.1, -0.05) is 140 Å². The zero-order valence-electron chi connectivity index (χ0n) is 30.4. The van der Waals surface area contributed by atoms with Gasteiger partial charge in [0.2, 0.25) is 17.7 Å². The van der Waals surface area contributed by atoms with Gasteiger partial charge in [0.05, 0.1) is 25.7 Å². The molecular formula is C42H52N4O5. The summed E-state index contributed by atoms with van der Waals surface area (Å²) in [6.45, 7) is 9.52. The van der Waals surface area contributed by atoms with Gasteiger partial charge in [-0.3, -0.25) is 19.2 Å². The van der Waals surface area contributed by atoms with E-state index in [1.165, 1.54) is 11.1 Å². The van der Waals surface area contributed by atoms with Gasteiger partial charge in [0.1, 0.15) is 11.6 Å². The summed E-state index contributed by atoms with van der Waals surface area (Å²) in [7, 11) is 0. The molecule has 1 fully saturated rings. The predicted molar refractivity (Wildman–Crippen MR) is 203 cm³/mol. The molecule has 1 saturated heterocycles. The number of aryl methyl sites for hydroxylation is 2. The second-order valence-electron chi connectivity index (χ2n) is 13.3. The molecule has 0 aromatic heterocycles. The summed E-state index contributed by atoms with van der Waals surface area (Å²) < 4.78 is 5.25. The van der Waals surface area contributed by atoms with E-state index in [9.17, 15) is 19.2 Å². The van der Waals surface area contributed by atoms with Crippen molar-refractivity contribution in [2.24, 2.45) is 11.7 Å². The van der Waals surface area contributed by atoms with E-state index in [0.29, 0.717) is 13.0 Å². The van der Waals surface area contributed by atoms with Crippen molar-refractivity contribution in [1.29, 1.82) is 0 Å². The zero-order valence-corrected chi connectivity index (χ0v) is 30.4. The van der Waals surface area contributed by atoms with Crippen molar-refractivity contribution < 1.29 is 23.9 Å². The van der Waals surface area contributed by atoms with E-state index in [1.54, 1.807) is 6.92 Å². The average molecular weight is 693 g/mol. The Morgan fingerprint density at radius 3 is 1.61 bits per heavy atom. The fraction of sp³-hybridized carbons (Fsp3) is 0.333. The van der Waals surface area contributed by atoms with Crippen molar-refractivity contribution >= 4 is 23.5 Å². The third-order valence-electron chi connectivity index (χ3n) is 8.10. The average Bonchev–Trinajstić information content (AvgIpc) is 3.89. The van der Waals surface area contributed by atoms with Gasteiger partial charge in [0.25, 0.3) is 0 Å². The van der Waals surface area contributed by atoms with Crippen LogP contribution < -0.4 is 21.7 Å². The lowest BCUT2D eigenvalue weighted by Gasteiger charge is -2.22. The summed E-state index contributed by atoms with van der Waals surface area (Å²) in [5, 5.41) is 7.91. The maximum atomic E-state index is 12.9. The third kappa shape index (κ3) is 14.7. The monoisotopic (exact) mass is 692 g/mol. The van der Waals surface area contributed by atoms with Crippen LogP contribution in [0.15, 0.2) is 115 Å². The predicted octanol–water partition coefficient (Wildman–Crippen LogP) is 5.33. The number of nitrogens with two attached hydrogens (primary N) is 1. The molecule has 0 spiro atoms. The summed E-state index contributed by atoms with van der Waals surface area (Å²) in [6.07, 6.45) is 0.685. The number of rotatable bonds is 13. The molecule has 4 aromatic carbocycles. The Morgan fingerprint density at radius 1 is 0.706 bits per heavy atom. The minimum absolute atomic E-state index is 0.173. The summed E-state index contributed by atoms with van der Waals surface area (Å²) in [5.74, 6) is -1.49. The lowest BCUT2D eigenvalue weighted by molar-refractivity contribution is -0.132. The number of nitrogens with one attached hydrogen (secondary N) is 3. The molecule has 9 nitrogen and oxygen atoms in total. The molecule has 0 bridgehead atoms. The molecule has 0 aliphatic carbocycles. The molecule has 3 atom stereocenters. The van der Waals surface area contributed by atoms with Crippen LogP contribution in [0.25, 0.3) is 11.1 Å². The maximum Gasteiger partial charge on any atom is 0.243 e. The highest BCUT2D eigenvalue weighted by molar-refractivity contribution is 5.97. The maximum absolute atomic E-state index is 12.9. The summed E-state index contributed by atoms with van der Waals surface area (Å²) >= 11 is 0. The lowest BCUT2D eigenvalue weighted by Crippen LogP contribution is -2.53. The molecule has 1 aliphatic rings. The quantitative estimate of drug-likeness (QED) is 0.140. The number of ether oxygens (including phenoxy) is 1. The molecule has 0 saturated carbocycles. The van der Waals surface area contributed by atoms with Gasteiger partial charge in [0.15, 0.2) is 5.78 Å². The standard InChI is InChI=1S/C28H36N4O5.2C7H8/c1-18(2)13-22(26(35)28(3)17-37-28)31-25(34)16-30-27(36)23(32-24(33)15-29)14-19-9-11-21(12-10-19)20-7-5-4-6-8-20;2*1-7-5-3-2-4-6-7/h4-12,18,22-23H,13-17,29H2,1-3H3,(H,30,36)(H,31,34)(H,32,33);2*2-6H,1H3/t22-,23?,28?;;/m0../s1. The number of amides is 3. The van der Waals surface area contributed by atoms with Crippen LogP contribution in [0.5, 0.6) is 0 Å². The molecule has 51 heavy (non-hydrogen) atoms. The van der Waals surface area contributed by atoms with Crippen molar-refractivity contribution in [3.63, 3.8) is 0 Å². The highest BCUT2D eigenvalue weighted by Gasteiger charge is 2.50. The molecule has 270 valence electrons. The van der Waals surface area contributed by atoms with Crippen LogP contribution in [0.4, 0.5) is 0 Å². The largest absolute Gasteiger partial charge is 0.361 e. The first-order valence-electron chi connectivity index (χ1n) is 17.3. The molecule has 5 N–H and O–H groups in total. The van der Waals surface area contributed by atoms with Crippen LogP contribution in [0.3, 0.4) is 0 Å². The first-order valence-corrected chi connectivity index (χ1v) is 17.3. The fourth-order valence-electron chi connectivity index (χ4n) is 5.09. The molecule has 5 rings (SSSR count). The third-order valence-corrected chi connectivity index (χ3v) is 8.10. The Kier molecular flexibility index (Phi) is 16.2. The molecular weight excluding hydrogens is 640 g/mol. The van der Waals surface area contributed by atoms with Crippen LogP contribution in [-0.4, -0.2) is 60.9 Å². The van der Waals surface area contributed by atoms with E-state index in [-0.39, 0.29) is 31.2 Å². The van der Waals surface area contributed by atoms with Crippen molar-refractivity contribution in [2.75, 3.05) is 19.7 Å². The topological polar surface area (TPSA) is 143 Å². The zero-order chi connectivity index (χ0) is 37.2. The van der Waals surface area contributed by atoms with E-state index < -0.39 is 35.4 Å². The molecule has 1 aliphatic heterocycles. The second-order valence-corrected chi connectivity index (χ2v) is 13.3. The number of hydrogen-bond donors (Lipinski definition) is 4. The number of ketones is 1. The van der Waals surface area contributed by atoms with Crippen LogP contribution >= 0.6 is 0 Å². The highest BCUT2D eigenvalue weighted by Crippen LogP contribution is 2.29. The van der Waals surface area contributed by atoms with Crippen LogP contribution in [0, 0.1) is 19.8 Å². The number of carbonyl (C=O) groups is 4. The number of Topliss-reactive ketones (excluding diaryl/α,β-unsaturated/α-hetero) is 1. The Balaban J connectivity index is 0.000000411. The highest BCUT2D eigenvalue weighted by atomic mass is 16.6. The summed E-state index contributed by atoms with van der Waals surface area (Å²) in [6, 6.07) is 36.5. The van der Waals surface area contributed by atoms with E-state index in [4.69, 9.17) is 10.5 Å². The Hall–Kier alpha value is -5.12. The van der Waals surface area contributed by atoms with Gasteiger partial charge in [0, 0.05) is 6.42 Å². The van der Waals surface area contributed by atoms with Crippen LogP contribution in [0.2, 0.25) is 0 Å². The van der Waals surface area contributed by atoms with Crippen LogP contribution in [-0.2, 0) is 30.3 Å². The summed E-state index contributed by atoms with van der Waals surface area (Å²) in [5.41, 5.74) is 10.2. The van der Waals surface area contributed by atoms with Crippen molar-refractivity contribution in [3.8, 4) is 11.1 Å². The Labute approximate surface area is 302 Å². The van der Waals surface area contributed by atoms with E-state index >= 15 is 0 Å². The molecule has 9 heteroatoms. The summed E-state index contributed by atoms with van der Waals surface area (Å²) in [4.78, 5) is 50.2. The first kappa shape index (κ1) is 40.3. The van der Waals surface area contributed by atoms with Crippen molar-refractivity contribution in [1.82, 2.24) is 16.0 Å². The molecule has 0 radical (unpaired) electrons. The van der Waals surface area contributed by atoms with Crippen molar-refractivity contribution in [2.45, 2.75) is 65.1 Å². The first-order chi connectivity index (χ1) is 24.4. The van der Waals surface area contributed by atoms with Gasteiger partial charge in [-0.25, -0.2) is 0 Å². The number of carbonyl (C=O) groups excluding carboxylic acids is 4. The van der Waals surface area contributed by atoms with Gasteiger partial charge in [-0.2, -0.15) is 0 Å². The normalized spacial score (nSPS) is 15.4. The van der Waals surface area contributed by atoms with E-state index in [2.05, 4.69) is 54.1 Å². The number of benzene rings is 4. The fourth-order valence-corrected chi connectivity index (χ4v) is 5.09. The Bertz CT molecular complexity index is 1620. The minimum atomic E-state index is -0.918. The molecule has 4 aromatic rings.